The lowest BCUT2D eigenvalue weighted by molar-refractivity contribution is -0.113. The van der Waals surface area contributed by atoms with E-state index in [1.54, 1.807) is 18.2 Å². The highest BCUT2D eigenvalue weighted by Crippen LogP contribution is 2.28. The monoisotopic (exact) mass is 365 g/mol. The van der Waals surface area contributed by atoms with Crippen molar-refractivity contribution in [3.05, 3.63) is 28.2 Å². The normalized spacial score (nSPS) is 10.6. The molecule has 0 aliphatic carbocycles. The van der Waals surface area contributed by atoms with Gasteiger partial charge in [0.05, 0.1) is 16.5 Å². The summed E-state index contributed by atoms with van der Waals surface area (Å²) < 4.78 is 1.65. The number of benzene rings is 1. The maximum atomic E-state index is 11.8. The Bertz CT molecular complexity index is 621. The number of anilines is 1. The van der Waals surface area contributed by atoms with E-state index in [1.165, 1.54) is 34.9 Å². The SMILES string of the molecule is CSc1nnc(SCC(=O)Nc2ccc(Cl)cc2Cl)s1. The molecule has 9 heteroatoms. The van der Waals surface area contributed by atoms with E-state index >= 15 is 0 Å². The number of amides is 1. The van der Waals surface area contributed by atoms with Crippen molar-refractivity contribution in [3.8, 4) is 0 Å². The van der Waals surface area contributed by atoms with Gasteiger partial charge < -0.3 is 5.32 Å². The van der Waals surface area contributed by atoms with E-state index < -0.39 is 0 Å². The van der Waals surface area contributed by atoms with Crippen molar-refractivity contribution < 1.29 is 4.79 Å². The predicted octanol–water partition coefficient (Wildman–Crippen LogP) is 4.30. The zero-order chi connectivity index (χ0) is 14.5. The van der Waals surface area contributed by atoms with Crippen LogP contribution in [0, 0.1) is 0 Å². The van der Waals surface area contributed by atoms with E-state index in [1.807, 2.05) is 6.26 Å². The molecular formula is C11H9Cl2N3OS3. The fourth-order valence-corrected chi connectivity index (χ4v) is 3.94. The summed E-state index contributed by atoms with van der Waals surface area (Å²) in [7, 11) is 0. The van der Waals surface area contributed by atoms with Crippen LogP contribution in [-0.2, 0) is 4.79 Å². The number of carbonyl (C=O) groups is 1. The van der Waals surface area contributed by atoms with Crippen LogP contribution in [0.25, 0.3) is 0 Å². The molecule has 0 unspecified atom stereocenters. The molecule has 0 radical (unpaired) electrons. The summed E-state index contributed by atoms with van der Waals surface area (Å²) in [6.07, 6.45) is 1.93. The van der Waals surface area contributed by atoms with Gasteiger partial charge in [-0.25, -0.2) is 0 Å². The Morgan fingerprint density at radius 1 is 1.35 bits per heavy atom. The molecule has 1 N–H and O–H groups in total. The molecule has 0 fully saturated rings. The van der Waals surface area contributed by atoms with Crippen molar-refractivity contribution in [1.29, 1.82) is 0 Å². The van der Waals surface area contributed by atoms with Crippen molar-refractivity contribution in [2.45, 2.75) is 8.68 Å². The van der Waals surface area contributed by atoms with Gasteiger partial charge in [-0.05, 0) is 24.5 Å². The molecule has 0 bridgehead atoms. The van der Waals surface area contributed by atoms with Crippen LogP contribution < -0.4 is 5.32 Å². The van der Waals surface area contributed by atoms with Gasteiger partial charge in [-0.15, -0.1) is 10.2 Å². The number of hydrogen-bond acceptors (Lipinski definition) is 6. The lowest BCUT2D eigenvalue weighted by Gasteiger charge is -2.06. The second-order valence-electron chi connectivity index (χ2n) is 3.50. The fourth-order valence-electron chi connectivity index (χ4n) is 1.24. The van der Waals surface area contributed by atoms with Crippen LogP contribution in [0.2, 0.25) is 10.0 Å². The van der Waals surface area contributed by atoms with Gasteiger partial charge in [0.2, 0.25) is 5.91 Å². The summed E-state index contributed by atoms with van der Waals surface area (Å²) >= 11 is 16.1. The van der Waals surface area contributed by atoms with Gasteiger partial charge in [0.25, 0.3) is 0 Å². The van der Waals surface area contributed by atoms with Crippen LogP contribution >= 0.6 is 58.1 Å². The van der Waals surface area contributed by atoms with Crippen molar-refractivity contribution in [1.82, 2.24) is 10.2 Å². The second kappa shape index (κ2) is 7.51. The summed E-state index contributed by atoms with van der Waals surface area (Å²) in [5.74, 6) is 0.0993. The molecule has 0 saturated carbocycles. The molecular weight excluding hydrogens is 357 g/mol. The van der Waals surface area contributed by atoms with E-state index in [0.29, 0.717) is 15.7 Å². The quantitative estimate of drug-likeness (QED) is 0.800. The molecule has 20 heavy (non-hydrogen) atoms. The van der Waals surface area contributed by atoms with Crippen molar-refractivity contribution in [2.75, 3.05) is 17.3 Å². The van der Waals surface area contributed by atoms with Gasteiger partial charge in [0.1, 0.15) is 0 Å². The number of aromatic nitrogens is 2. The third-order valence-electron chi connectivity index (χ3n) is 2.09. The molecule has 0 spiro atoms. The summed E-state index contributed by atoms with van der Waals surface area (Å²) in [6.45, 7) is 0. The first-order valence-electron chi connectivity index (χ1n) is 5.33. The highest BCUT2D eigenvalue weighted by molar-refractivity contribution is 8.03. The third kappa shape index (κ3) is 4.53. The zero-order valence-electron chi connectivity index (χ0n) is 10.2. The maximum absolute atomic E-state index is 11.8. The second-order valence-corrected chi connectivity index (χ2v) is 7.60. The topological polar surface area (TPSA) is 54.9 Å². The van der Waals surface area contributed by atoms with Crippen molar-refractivity contribution >= 4 is 69.7 Å². The molecule has 1 aromatic heterocycles. The average molecular weight is 366 g/mol. The number of rotatable bonds is 5. The molecule has 0 aliphatic heterocycles. The number of halogens is 2. The minimum atomic E-state index is -0.153. The number of hydrogen-bond donors (Lipinski definition) is 1. The molecule has 1 heterocycles. The number of thioether (sulfide) groups is 2. The summed E-state index contributed by atoms with van der Waals surface area (Å²) in [5.41, 5.74) is 0.545. The summed E-state index contributed by atoms with van der Waals surface area (Å²) in [4.78, 5) is 11.8. The van der Waals surface area contributed by atoms with Crippen LogP contribution in [0.3, 0.4) is 0 Å². The molecule has 4 nitrogen and oxygen atoms in total. The summed E-state index contributed by atoms with van der Waals surface area (Å²) in [5, 5.41) is 11.6. The van der Waals surface area contributed by atoms with Gasteiger partial charge in [-0.2, -0.15) is 0 Å². The smallest absolute Gasteiger partial charge is 0.234 e. The Morgan fingerprint density at radius 2 is 2.10 bits per heavy atom. The summed E-state index contributed by atoms with van der Waals surface area (Å²) in [6, 6.07) is 4.93. The first-order valence-corrected chi connectivity index (χ1v) is 9.12. The standard InChI is InChI=1S/C11H9Cl2N3OS3/c1-18-10-15-16-11(20-10)19-5-9(17)14-8-3-2-6(12)4-7(8)13/h2-4H,5H2,1H3,(H,14,17). The van der Waals surface area contributed by atoms with E-state index in [0.717, 1.165) is 8.68 Å². The lowest BCUT2D eigenvalue weighted by Crippen LogP contribution is -2.14. The van der Waals surface area contributed by atoms with E-state index in [2.05, 4.69) is 15.5 Å². The molecule has 2 rings (SSSR count). The fraction of sp³-hybridized carbons (Fsp3) is 0.182. The Kier molecular flexibility index (Phi) is 5.98. The van der Waals surface area contributed by atoms with Gasteiger partial charge in [0.15, 0.2) is 8.68 Å². The first kappa shape index (κ1) is 15.9. The van der Waals surface area contributed by atoms with Gasteiger partial charge in [-0.1, -0.05) is 58.1 Å². The third-order valence-corrected chi connectivity index (χ3v) is 5.67. The zero-order valence-corrected chi connectivity index (χ0v) is 14.2. The first-order chi connectivity index (χ1) is 9.58. The highest BCUT2D eigenvalue weighted by atomic mass is 35.5. The number of nitrogens with one attached hydrogen (secondary N) is 1. The van der Waals surface area contributed by atoms with Crippen LogP contribution in [0.15, 0.2) is 26.9 Å². The van der Waals surface area contributed by atoms with E-state index in [4.69, 9.17) is 23.2 Å². The number of nitrogens with zero attached hydrogens (tertiary/aromatic N) is 2. The Morgan fingerprint density at radius 3 is 2.75 bits per heavy atom. The van der Waals surface area contributed by atoms with Crippen molar-refractivity contribution in [3.63, 3.8) is 0 Å². The largest absolute Gasteiger partial charge is 0.324 e. The molecule has 0 atom stereocenters. The Balaban J connectivity index is 1.89. The molecule has 1 amide bonds. The van der Waals surface area contributed by atoms with Crippen LogP contribution in [0.5, 0.6) is 0 Å². The van der Waals surface area contributed by atoms with Crippen LogP contribution in [0.1, 0.15) is 0 Å². The molecule has 0 aliphatic rings. The lowest BCUT2D eigenvalue weighted by atomic mass is 10.3. The van der Waals surface area contributed by atoms with Gasteiger partial charge >= 0.3 is 0 Å². The molecule has 106 valence electrons. The van der Waals surface area contributed by atoms with Gasteiger partial charge in [-0.3, -0.25) is 4.79 Å². The molecule has 1 aromatic carbocycles. The van der Waals surface area contributed by atoms with Crippen molar-refractivity contribution in [2.24, 2.45) is 0 Å². The predicted molar refractivity (Wildman–Crippen MR) is 87.5 cm³/mol. The van der Waals surface area contributed by atoms with Crippen LogP contribution in [0.4, 0.5) is 5.69 Å². The Hall–Kier alpha value is -0.470. The number of carbonyl (C=O) groups excluding carboxylic acids is 1. The highest BCUT2D eigenvalue weighted by Gasteiger charge is 2.09. The molecule has 2 aromatic rings. The van der Waals surface area contributed by atoms with E-state index in [9.17, 15) is 4.79 Å². The maximum Gasteiger partial charge on any atom is 0.234 e. The van der Waals surface area contributed by atoms with Gasteiger partial charge in [0, 0.05) is 5.02 Å². The minimum absolute atomic E-state index is 0.153. The average Bonchev–Trinajstić information content (AvgIpc) is 2.88. The minimum Gasteiger partial charge on any atom is -0.324 e. The molecule has 0 saturated heterocycles. The Labute approximate surface area is 138 Å². The van der Waals surface area contributed by atoms with Crippen LogP contribution in [-0.4, -0.2) is 28.1 Å². The van der Waals surface area contributed by atoms with E-state index in [-0.39, 0.29) is 11.7 Å².